The summed E-state index contributed by atoms with van der Waals surface area (Å²) in [5.41, 5.74) is 2.60. The Morgan fingerprint density at radius 1 is 0.711 bits per heavy atom. The molecule has 6 heteroatoms. The molecule has 0 radical (unpaired) electrons. The Bertz CT molecular complexity index is 886. The number of nitrogens with one attached hydrogen (secondary N) is 1. The van der Waals surface area contributed by atoms with Crippen LogP contribution in [-0.4, -0.2) is 35.2 Å². The van der Waals surface area contributed by atoms with Crippen molar-refractivity contribution >= 4 is 11.9 Å². The van der Waals surface area contributed by atoms with Gasteiger partial charge in [-0.2, -0.15) is 5.06 Å². The lowest BCUT2D eigenvalue weighted by Gasteiger charge is -2.21. The minimum absolute atomic E-state index is 0.0567. The number of unbranched alkanes of at least 4 members (excludes halogenated alkanes) is 12. The van der Waals surface area contributed by atoms with Gasteiger partial charge in [0.1, 0.15) is 0 Å². The number of hydrogen-bond acceptors (Lipinski definition) is 4. The number of aliphatic carboxylic acids is 1. The zero-order valence-corrected chi connectivity index (χ0v) is 23.3. The van der Waals surface area contributed by atoms with Crippen LogP contribution in [0.25, 0.3) is 0 Å². The number of hydrogen-bond donors (Lipinski definition) is 2. The van der Waals surface area contributed by atoms with Crippen molar-refractivity contribution in [3.63, 3.8) is 0 Å². The Balaban J connectivity index is 1.60. The van der Waals surface area contributed by atoms with Crippen molar-refractivity contribution in [1.82, 2.24) is 10.4 Å². The van der Waals surface area contributed by atoms with Gasteiger partial charge in [-0.05, 0) is 29.7 Å². The second kappa shape index (κ2) is 20.3. The highest BCUT2D eigenvalue weighted by Crippen LogP contribution is 2.14. The monoisotopic (exact) mass is 524 g/mol. The smallest absolute Gasteiger partial charge is 0.331 e. The molecule has 0 aliphatic rings. The van der Waals surface area contributed by atoms with E-state index >= 15 is 0 Å². The van der Waals surface area contributed by atoms with Crippen LogP contribution < -0.4 is 5.32 Å². The summed E-state index contributed by atoms with van der Waals surface area (Å²) in [6.07, 6.45) is 17.1. The van der Waals surface area contributed by atoms with E-state index in [1.807, 2.05) is 54.6 Å². The van der Waals surface area contributed by atoms with E-state index in [1.165, 1.54) is 70.6 Å². The van der Waals surface area contributed by atoms with Crippen LogP contribution in [0.3, 0.4) is 0 Å². The SMILES string of the molecule is CCCCCCCCCCCCCCCNC(=O)c1ccc(CN(Cc2ccccc2)OCC(=O)O)cc1. The van der Waals surface area contributed by atoms with Crippen molar-refractivity contribution in [3.05, 3.63) is 71.3 Å². The summed E-state index contributed by atoms with van der Waals surface area (Å²) in [5.74, 6) is -1.07. The zero-order chi connectivity index (χ0) is 27.3. The molecule has 0 saturated heterocycles. The summed E-state index contributed by atoms with van der Waals surface area (Å²) in [6.45, 7) is 3.46. The minimum atomic E-state index is -1.02. The molecule has 2 aromatic rings. The fourth-order valence-electron chi connectivity index (χ4n) is 4.49. The first kappa shape index (κ1) is 31.5. The highest BCUT2D eigenvalue weighted by molar-refractivity contribution is 5.94. The number of carbonyl (C=O) groups is 2. The van der Waals surface area contributed by atoms with Gasteiger partial charge in [0.2, 0.25) is 0 Å². The maximum absolute atomic E-state index is 12.5. The highest BCUT2D eigenvalue weighted by Gasteiger charge is 2.11. The van der Waals surface area contributed by atoms with Crippen LogP contribution in [0, 0.1) is 0 Å². The average molecular weight is 525 g/mol. The maximum atomic E-state index is 12.5. The summed E-state index contributed by atoms with van der Waals surface area (Å²) < 4.78 is 0. The van der Waals surface area contributed by atoms with Crippen LogP contribution in [0.5, 0.6) is 0 Å². The van der Waals surface area contributed by atoms with Crippen LogP contribution >= 0.6 is 0 Å². The van der Waals surface area contributed by atoms with Gasteiger partial charge in [-0.1, -0.05) is 126 Å². The molecule has 0 saturated carbocycles. The predicted molar refractivity (Wildman–Crippen MR) is 154 cm³/mol. The number of carbonyl (C=O) groups excluding carboxylic acids is 1. The van der Waals surface area contributed by atoms with Gasteiger partial charge in [0, 0.05) is 25.2 Å². The predicted octanol–water partition coefficient (Wildman–Crippen LogP) is 7.53. The van der Waals surface area contributed by atoms with Crippen LogP contribution in [-0.2, 0) is 22.7 Å². The standard InChI is InChI=1S/C32H48N2O4/c1-2-3-4-5-6-7-8-9-10-11-12-13-17-24-33-32(37)30-22-20-29(21-23-30)26-34(38-27-31(35)36)25-28-18-15-14-16-19-28/h14-16,18-23H,2-13,17,24-27H2,1H3,(H,33,37)(H,35,36). The maximum Gasteiger partial charge on any atom is 0.331 e. The molecule has 2 rings (SSSR count). The van der Waals surface area contributed by atoms with E-state index in [0.717, 1.165) is 24.0 Å². The fraction of sp³-hybridized carbons (Fsp3) is 0.562. The lowest BCUT2D eigenvalue weighted by molar-refractivity contribution is -0.190. The van der Waals surface area contributed by atoms with Crippen molar-refractivity contribution in [1.29, 1.82) is 0 Å². The molecule has 210 valence electrons. The number of carboxylic acids is 1. The van der Waals surface area contributed by atoms with Crippen molar-refractivity contribution in [2.75, 3.05) is 13.2 Å². The van der Waals surface area contributed by atoms with Crippen LogP contribution in [0.4, 0.5) is 0 Å². The molecule has 1 amide bonds. The van der Waals surface area contributed by atoms with Gasteiger partial charge in [-0.25, -0.2) is 4.79 Å². The summed E-state index contributed by atoms with van der Waals surface area (Å²) in [5, 5.41) is 13.7. The van der Waals surface area contributed by atoms with Crippen molar-refractivity contribution in [3.8, 4) is 0 Å². The number of rotatable bonds is 22. The topological polar surface area (TPSA) is 78.9 Å². The molecule has 0 fully saturated rings. The molecule has 0 atom stereocenters. The molecular weight excluding hydrogens is 476 g/mol. The first-order valence-electron chi connectivity index (χ1n) is 14.6. The summed E-state index contributed by atoms with van der Waals surface area (Å²) in [7, 11) is 0. The van der Waals surface area contributed by atoms with Crippen molar-refractivity contribution in [2.24, 2.45) is 0 Å². The van der Waals surface area contributed by atoms with Gasteiger partial charge in [0.15, 0.2) is 6.61 Å². The molecule has 0 spiro atoms. The lowest BCUT2D eigenvalue weighted by Crippen LogP contribution is -2.26. The normalized spacial score (nSPS) is 11.1. The van der Waals surface area contributed by atoms with Gasteiger partial charge >= 0.3 is 5.97 Å². The minimum Gasteiger partial charge on any atom is -0.479 e. The van der Waals surface area contributed by atoms with Gasteiger partial charge in [0.25, 0.3) is 5.91 Å². The third-order valence-electron chi connectivity index (χ3n) is 6.71. The number of amides is 1. The van der Waals surface area contributed by atoms with E-state index in [-0.39, 0.29) is 5.91 Å². The number of carboxylic acid groups (broad SMARTS) is 1. The molecule has 2 N–H and O–H groups in total. The Morgan fingerprint density at radius 2 is 1.21 bits per heavy atom. The Kier molecular flexibility index (Phi) is 16.8. The number of hydroxylamine groups is 2. The molecule has 2 aromatic carbocycles. The summed E-state index contributed by atoms with van der Waals surface area (Å²) >= 11 is 0. The van der Waals surface area contributed by atoms with Crippen LogP contribution in [0.2, 0.25) is 0 Å². The quantitative estimate of drug-likeness (QED) is 0.123. The van der Waals surface area contributed by atoms with E-state index < -0.39 is 12.6 Å². The molecule has 0 unspecified atom stereocenters. The van der Waals surface area contributed by atoms with E-state index in [2.05, 4.69) is 12.2 Å². The number of nitrogens with zero attached hydrogens (tertiary/aromatic N) is 1. The van der Waals surface area contributed by atoms with E-state index in [4.69, 9.17) is 9.94 Å². The Hall–Kier alpha value is -2.70. The third kappa shape index (κ3) is 14.9. The Labute approximate surface area is 229 Å². The summed E-state index contributed by atoms with van der Waals surface area (Å²) in [4.78, 5) is 29.0. The molecule has 0 aromatic heterocycles. The van der Waals surface area contributed by atoms with Crippen molar-refractivity contribution < 1.29 is 19.5 Å². The number of benzene rings is 2. The lowest BCUT2D eigenvalue weighted by atomic mass is 10.0. The zero-order valence-electron chi connectivity index (χ0n) is 23.3. The first-order chi connectivity index (χ1) is 18.6. The largest absolute Gasteiger partial charge is 0.479 e. The van der Waals surface area contributed by atoms with Gasteiger partial charge < -0.3 is 10.4 Å². The van der Waals surface area contributed by atoms with Crippen LogP contribution in [0.1, 0.15) is 112 Å². The van der Waals surface area contributed by atoms with Gasteiger partial charge in [-0.15, -0.1) is 0 Å². The van der Waals surface area contributed by atoms with Crippen LogP contribution in [0.15, 0.2) is 54.6 Å². The molecule has 0 aliphatic heterocycles. The van der Waals surface area contributed by atoms with Gasteiger partial charge in [0.05, 0.1) is 0 Å². The average Bonchev–Trinajstić information content (AvgIpc) is 2.92. The molecule has 38 heavy (non-hydrogen) atoms. The van der Waals surface area contributed by atoms with Gasteiger partial charge in [-0.3, -0.25) is 9.63 Å². The second-order valence-electron chi connectivity index (χ2n) is 10.1. The molecule has 6 nitrogen and oxygen atoms in total. The third-order valence-corrected chi connectivity index (χ3v) is 6.71. The molecule has 0 bridgehead atoms. The molecule has 0 heterocycles. The molecule has 0 aliphatic carbocycles. The second-order valence-corrected chi connectivity index (χ2v) is 10.1. The fourth-order valence-corrected chi connectivity index (χ4v) is 4.49. The highest BCUT2D eigenvalue weighted by atomic mass is 16.7. The summed E-state index contributed by atoms with van der Waals surface area (Å²) in [6, 6.07) is 17.2. The Morgan fingerprint density at radius 3 is 1.74 bits per heavy atom. The van der Waals surface area contributed by atoms with E-state index in [9.17, 15) is 9.59 Å². The van der Waals surface area contributed by atoms with E-state index in [0.29, 0.717) is 25.2 Å². The van der Waals surface area contributed by atoms with Crippen molar-refractivity contribution in [2.45, 2.75) is 103 Å². The molecular formula is C32H48N2O4. The first-order valence-corrected chi connectivity index (χ1v) is 14.6. The van der Waals surface area contributed by atoms with E-state index in [1.54, 1.807) is 5.06 Å².